The first-order valence-electron chi connectivity index (χ1n) is 8.17. The van der Waals surface area contributed by atoms with Gasteiger partial charge in [-0.3, -0.25) is 0 Å². The summed E-state index contributed by atoms with van der Waals surface area (Å²) in [6.45, 7) is 13.7. The second kappa shape index (κ2) is 7.12. The molecule has 0 amide bonds. The maximum absolute atomic E-state index is 3.49. The normalized spacial score (nSPS) is 19.1. The number of nitrogens with zero attached hydrogens (tertiary/aromatic N) is 1. The van der Waals surface area contributed by atoms with E-state index in [1.54, 1.807) is 0 Å². The molecule has 1 heterocycles. The number of anilines is 1. The van der Waals surface area contributed by atoms with Gasteiger partial charge in [0.2, 0.25) is 0 Å². The maximum atomic E-state index is 3.49. The van der Waals surface area contributed by atoms with E-state index in [-0.39, 0.29) is 0 Å². The summed E-state index contributed by atoms with van der Waals surface area (Å²) in [4.78, 5) is 2.56. The maximum Gasteiger partial charge on any atom is 0.0369 e. The van der Waals surface area contributed by atoms with Crippen LogP contribution < -0.4 is 10.2 Å². The van der Waals surface area contributed by atoms with E-state index in [9.17, 15) is 0 Å². The van der Waals surface area contributed by atoms with Crippen LogP contribution in [0.2, 0.25) is 0 Å². The molecule has 0 bridgehead atoms. The molecule has 1 unspecified atom stereocenters. The fourth-order valence-corrected chi connectivity index (χ4v) is 3.04. The predicted octanol–water partition coefficient (Wildman–Crippen LogP) is 3.98. The summed E-state index contributed by atoms with van der Waals surface area (Å²) >= 11 is 0. The summed E-state index contributed by atoms with van der Waals surface area (Å²) in [5, 5.41) is 3.49. The highest BCUT2D eigenvalue weighted by Crippen LogP contribution is 2.29. The van der Waals surface area contributed by atoms with Crippen LogP contribution in [0.25, 0.3) is 0 Å². The fourth-order valence-electron chi connectivity index (χ4n) is 3.04. The van der Waals surface area contributed by atoms with Crippen LogP contribution in [0.4, 0.5) is 5.69 Å². The van der Waals surface area contributed by atoms with Crippen LogP contribution in [0.3, 0.4) is 0 Å². The van der Waals surface area contributed by atoms with Gasteiger partial charge >= 0.3 is 0 Å². The average Bonchev–Trinajstić information content (AvgIpc) is 2.90. The lowest BCUT2D eigenvalue weighted by atomic mass is 9.95. The van der Waals surface area contributed by atoms with E-state index in [4.69, 9.17) is 0 Å². The molecule has 1 aliphatic heterocycles. The quantitative estimate of drug-likeness (QED) is 0.789. The lowest BCUT2D eigenvalue weighted by Gasteiger charge is -2.21. The van der Waals surface area contributed by atoms with E-state index in [2.05, 4.69) is 56.1 Å². The van der Waals surface area contributed by atoms with Crippen molar-refractivity contribution >= 4 is 5.69 Å². The smallest absolute Gasteiger partial charge is 0.0369 e. The van der Waals surface area contributed by atoms with Crippen molar-refractivity contribution in [1.82, 2.24) is 5.32 Å². The Morgan fingerprint density at radius 1 is 1.35 bits per heavy atom. The molecule has 1 N–H and O–H groups in total. The third kappa shape index (κ3) is 3.76. The summed E-state index contributed by atoms with van der Waals surface area (Å²) in [5.74, 6) is 1.67. The van der Waals surface area contributed by atoms with Crippen LogP contribution >= 0.6 is 0 Å². The number of aryl methyl sites for hydroxylation is 1. The third-order valence-corrected chi connectivity index (χ3v) is 4.60. The largest absolute Gasteiger partial charge is 0.371 e. The number of rotatable bonds is 6. The molecule has 2 nitrogen and oxygen atoms in total. The van der Waals surface area contributed by atoms with Crippen molar-refractivity contribution in [2.45, 2.75) is 47.1 Å². The van der Waals surface area contributed by atoms with Crippen molar-refractivity contribution in [2.75, 3.05) is 24.5 Å². The number of hydrogen-bond donors (Lipinski definition) is 1. The van der Waals surface area contributed by atoms with E-state index in [0.29, 0.717) is 0 Å². The molecular formula is C18H30N2. The number of hydrogen-bond acceptors (Lipinski definition) is 2. The Labute approximate surface area is 124 Å². The number of nitrogens with one attached hydrogen (secondary N) is 1. The minimum Gasteiger partial charge on any atom is -0.371 e. The molecule has 0 radical (unpaired) electrons. The van der Waals surface area contributed by atoms with Crippen molar-refractivity contribution in [1.29, 1.82) is 0 Å². The molecule has 0 aromatic heterocycles. The van der Waals surface area contributed by atoms with E-state index >= 15 is 0 Å². The van der Waals surface area contributed by atoms with E-state index in [1.807, 2.05) is 0 Å². The van der Waals surface area contributed by atoms with Crippen molar-refractivity contribution in [3.63, 3.8) is 0 Å². The molecule has 20 heavy (non-hydrogen) atoms. The van der Waals surface area contributed by atoms with Crippen LogP contribution in [-0.2, 0) is 6.54 Å². The summed E-state index contributed by atoms with van der Waals surface area (Å²) in [7, 11) is 0. The highest BCUT2D eigenvalue weighted by molar-refractivity contribution is 5.51. The highest BCUT2D eigenvalue weighted by atomic mass is 15.1. The summed E-state index contributed by atoms with van der Waals surface area (Å²) in [6, 6.07) is 6.97. The highest BCUT2D eigenvalue weighted by Gasteiger charge is 2.25. The second-order valence-electron chi connectivity index (χ2n) is 6.53. The molecule has 1 saturated heterocycles. The molecule has 1 atom stereocenters. The minimum absolute atomic E-state index is 0.804. The summed E-state index contributed by atoms with van der Waals surface area (Å²) in [5.41, 5.74) is 4.26. The molecule has 2 rings (SSSR count). The topological polar surface area (TPSA) is 15.3 Å². The Kier molecular flexibility index (Phi) is 5.47. The van der Waals surface area contributed by atoms with E-state index in [1.165, 1.54) is 42.7 Å². The first-order valence-corrected chi connectivity index (χ1v) is 8.17. The van der Waals surface area contributed by atoms with Gasteiger partial charge in [-0.1, -0.05) is 26.8 Å². The van der Waals surface area contributed by atoms with Gasteiger partial charge in [-0.05, 0) is 61.4 Å². The molecule has 0 aliphatic carbocycles. The van der Waals surface area contributed by atoms with Gasteiger partial charge in [0.1, 0.15) is 0 Å². The van der Waals surface area contributed by atoms with Gasteiger partial charge in [-0.15, -0.1) is 0 Å². The van der Waals surface area contributed by atoms with Gasteiger partial charge in [0.25, 0.3) is 0 Å². The van der Waals surface area contributed by atoms with Crippen LogP contribution in [0.5, 0.6) is 0 Å². The Balaban J connectivity index is 1.98. The zero-order chi connectivity index (χ0) is 14.5. The van der Waals surface area contributed by atoms with Gasteiger partial charge in [0, 0.05) is 25.3 Å². The zero-order valence-corrected chi connectivity index (χ0v) is 13.6. The molecule has 2 heteroatoms. The molecule has 0 spiro atoms. The Hall–Kier alpha value is -1.02. The molecule has 1 fully saturated rings. The van der Waals surface area contributed by atoms with Crippen molar-refractivity contribution < 1.29 is 0 Å². The van der Waals surface area contributed by atoms with Gasteiger partial charge < -0.3 is 10.2 Å². The first kappa shape index (κ1) is 15.4. The minimum atomic E-state index is 0.804. The molecule has 1 aromatic rings. The zero-order valence-electron chi connectivity index (χ0n) is 13.6. The predicted molar refractivity (Wildman–Crippen MR) is 88.3 cm³/mol. The van der Waals surface area contributed by atoms with E-state index < -0.39 is 0 Å². The van der Waals surface area contributed by atoms with Crippen molar-refractivity contribution in [2.24, 2.45) is 11.8 Å². The molecule has 112 valence electrons. The second-order valence-corrected chi connectivity index (χ2v) is 6.53. The van der Waals surface area contributed by atoms with Crippen molar-refractivity contribution in [3.8, 4) is 0 Å². The molecule has 0 saturated carbocycles. The Bertz CT molecular complexity index is 425. The first-order chi connectivity index (χ1) is 9.61. The lowest BCUT2D eigenvalue weighted by molar-refractivity contribution is 0.423. The SMILES string of the molecule is CCCNCc1ccc(N2CCC(C(C)C)C2)cc1C. The number of benzene rings is 1. The van der Waals surface area contributed by atoms with E-state index in [0.717, 1.165) is 24.9 Å². The summed E-state index contributed by atoms with van der Waals surface area (Å²) in [6.07, 6.45) is 2.54. The third-order valence-electron chi connectivity index (χ3n) is 4.60. The van der Waals surface area contributed by atoms with Crippen molar-refractivity contribution in [3.05, 3.63) is 29.3 Å². The van der Waals surface area contributed by atoms with Gasteiger partial charge in [0.15, 0.2) is 0 Å². The average molecular weight is 274 g/mol. The van der Waals surface area contributed by atoms with Gasteiger partial charge in [-0.25, -0.2) is 0 Å². The fraction of sp³-hybridized carbons (Fsp3) is 0.667. The molecular weight excluding hydrogens is 244 g/mol. The lowest BCUT2D eigenvalue weighted by Crippen LogP contribution is -2.21. The Morgan fingerprint density at radius 3 is 2.75 bits per heavy atom. The molecule has 1 aliphatic rings. The standard InChI is InChI=1S/C18H30N2/c1-5-9-19-12-16-6-7-18(11-15(16)4)20-10-8-17(13-20)14(2)3/h6-7,11,14,17,19H,5,8-10,12-13H2,1-4H3. The molecule has 1 aromatic carbocycles. The van der Waals surface area contributed by atoms with Gasteiger partial charge in [0.05, 0.1) is 0 Å². The van der Waals surface area contributed by atoms with Crippen LogP contribution in [0.1, 0.15) is 44.7 Å². The van der Waals surface area contributed by atoms with Crippen LogP contribution in [0, 0.1) is 18.8 Å². The van der Waals surface area contributed by atoms with Crippen LogP contribution in [0.15, 0.2) is 18.2 Å². The van der Waals surface area contributed by atoms with Gasteiger partial charge in [-0.2, -0.15) is 0 Å². The Morgan fingerprint density at radius 2 is 2.15 bits per heavy atom. The summed E-state index contributed by atoms with van der Waals surface area (Å²) < 4.78 is 0. The van der Waals surface area contributed by atoms with Crippen LogP contribution in [-0.4, -0.2) is 19.6 Å². The monoisotopic (exact) mass is 274 g/mol.